The summed E-state index contributed by atoms with van der Waals surface area (Å²) in [5, 5.41) is 12.1. The lowest BCUT2D eigenvalue weighted by Gasteiger charge is -2.30. The second-order valence-electron chi connectivity index (χ2n) is 5.91. The molecule has 0 radical (unpaired) electrons. The molecule has 0 atom stereocenters. The van der Waals surface area contributed by atoms with E-state index in [1.165, 1.54) is 0 Å². The van der Waals surface area contributed by atoms with Crippen LogP contribution in [0, 0.1) is 19.8 Å². The normalized spacial score (nSPS) is 15.9. The van der Waals surface area contributed by atoms with E-state index in [2.05, 4.69) is 12.2 Å². The summed E-state index contributed by atoms with van der Waals surface area (Å²) in [6.07, 6.45) is 1.98. The Hall–Kier alpha value is -2.04. The van der Waals surface area contributed by atoms with Crippen molar-refractivity contribution in [3.05, 3.63) is 28.8 Å². The summed E-state index contributed by atoms with van der Waals surface area (Å²) < 4.78 is 0. The van der Waals surface area contributed by atoms with Crippen molar-refractivity contribution in [1.82, 2.24) is 4.90 Å². The van der Waals surface area contributed by atoms with Gasteiger partial charge in [0.05, 0.1) is 11.3 Å². The molecule has 0 aliphatic carbocycles. The Kier molecular flexibility index (Phi) is 4.50. The lowest BCUT2D eigenvalue weighted by Crippen LogP contribution is -2.40. The van der Waals surface area contributed by atoms with Gasteiger partial charge in [-0.05, 0) is 49.8 Å². The molecule has 2 rings (SSSR count). The van der Waals surface area contributed by atoms with Crippen LogP contribution in [-0.4, -0.2) is 35.1 Å². The lowest BCUT2D eigenvalue weighted by molar-refractivity contribution is 0.0698. The number of aromatic carboxylic acids is 1. The Labute approximate surface area is 125 Å². The maximum absolute atomic E-state index is 12.3. The van der Waals surface area contributed by atoms with Gasteiger partial charge in [-0.25, -0.2) is 9.59 Å². The third kappa shape index (κ3) is 3.54. The van der Waals surface area contributed by atoms with Gasteiger partial charge in [0.1, 0.15) is 0 Å². The summed E-state index contributed by atoms with van der Waals surface area (Å²) >= 11 is 0. The quantitative estimate of drug-likeness (QED) is 0.878. The smallest absolute Gasteiger partial charge is 0.337 e. The van der Waals surface area contributed by atoms with Gasteiger partial charge < -0.3 is 15.3 Å². The molecule has 1 aromatic rings. The first-order valence-electron chi connectivity index (χ1n) is 7.29. The average molecular weight is 290 g/mol. The number of hydrogen-bond acceptors (Lipinski definition) is 2. The van der Waals surface area contributed by atoms with Crippen LogP contribution < -0.4 is 5.32 Å². The standard InChI is InChI=1S/C16H22N2O3/c1-10-4-6-18(7-5-10)16(21)17-14-12(3)8-11(2)9-13(14)15(19)20/h8-10H,4-7H2,1-3H3,(H,17,21)(H,19,20). The molecule has 1 aliphatic rings. The molecule has 0 saturated carbocycles. The monoisotopic (exact) mass is 290 g/mol. The van der Waals surface area contributed by atoms with E-state index in [1.54, 1.807) is 11.0 Å². The van der Waals surface area contributed by atoms with E-state index >= 15 is 0 Å². The van der Waals surface area contributed by atoms with Crippen molar-refractivity contribution in [1.29, 1.82) is 0 Å². The van der Waals surface area contributed by atoms with Crippen molar-refractivity contribution in [2.45, 2.75) is 33.6 Å². The zero-order valence-electron chi connectivity index (χ0n) is 12.8. The highest BCUT2D eigenvalue weighted by Gasteiger charge is 2.22. The molecule has 0 bridgehead atoms. The number of nitrogens with one attached hydrogen (secondary N) is 1. The number of anilines is 1. The van der Waals surface area contributed by atoms with Crippen LogP contribution in [0.15, 0.2) is 12.1 Å². The van der Waals surface area contributed by atoms with E-state index in [4.69, 9.17) is 0 Å². The van der Waals surface area contributed by atoms with E-state index < -0.39 is 5.97 Å². The highest BCUT2D eigenvalue weighted by atomic mass is 16.4. The third-order valence-corrected chi connectivity index (χ3v) is 4.01. The van der Waals surface area contributed by atoms with Gasteiger partial charge in [-0.2, -0.15) is 0 Å². The first-order valence-corrected chi connectivity index (χ1v) is 7.29. The van der Waals surface area contributed by atoms with Gasteiger partial charge in [0, 0.05) is 13.1 Å². The van der Waals surface area contributed by atoms with Gasteiger partial charge in [0.25, 0.3) is 0 Å². The predicted molar refractivity (Wildman–Crippen MR) is 81.9 cm³/mol. The summed E-state index contributed by atoms with van der Waals surface area (Å²) in [5.74, 6) is -0.380. The molecule has 0 spiro atoms. The first kappa shape index (κ1) is 15.4. The fraction of sp³-hybridized carbons (Fsp3) is 0.500. The molecule has 5 heteroatoms. The van der Waals surface area contributed by atoms with E-state index in [0.29, 0.717) is 11.6 Å². The highest BCUT2D eigenvalue weighted by molar-refractivity contribution is 6.01. The number of rotatable bonds is 2. The number of likely N-dealkylation sites (tertiary alicyclic amines) is 1. The second kappa shape index (κ2) is 6.16. The average Bonchev–Trinajstić information content (AvgIpc) is 2.41. The van der Waals surface area contributed by atoms with Crippen LogP contribution in [-0.2, 0) is 0 Å². The summed E-state index contributed by atoms with van der Waals surface area (Å²) in [6.45, 7) is 7.28. The molecule has 5 nitrogen and oxygen atoms in total. The molecule has 114 valence electrons. The fourth-order valence-corrected chi connectivity index (χ4v) is 2.70. The molecular weight excluding hydrogens is 268 g/mol. The fourth-order valence-electron chi connectivity index (χ4n) is 2.70. The van der Waals surface area contributed by atoms with Gasteiger partial charge in [-0.15, -0.1) is 0 Å². The maximum atomic E-state index is 12.3. The van der Waals surface area contributed by atoms with Crippen LogP contribution in [0.1, 0.15) is 41.3 Å². The Morgan fingerprint density at radius 2 is 1.86 bits per heavy atom. The van der Waals surface area contributed by atoms with Crippen LogP contribution in [0.2, 0.25) is 0 Å². The lowest BCUT2D eigenvalue weighted by atomic mass is 9.99. The molecular formula is C16H22N2O3. The van der Waals surface area contributed by atoms with Crippen LogP contribution in [0.25, 0.3) is 0 Å². The first-order chi connectivity index (χ1) is 9.88. The number of urea groups is 1. The number of nitrogens with zero attached hydrogens (tertiary/aromatic N) is 1. The van der Waals surface area contributed by atoms with Crippen LogP contribution in [0.5, 0.6) is 0 Å². The summed E-state index contributed by atoms with van der Waals surface area (Å²) in [5.41, 5.74) is 2.18. The minimum Gasteiger partial charge on any atom is -0.478 e. The predicted octanol–water partition coefficient (Wildman–Crippen LogP) is 3.27. The Morgan fingerprint density at radius 1 is 1.24 bits per heavy atom. The molecule has 1 aliphatic heterocycles. The van der Waals surface area contributed by atoms with E-state index in [1.807, 2.05) is 19.9 Å². The van der Waals surface area contributed by atoms with Crippen molar-refractivity contribution >= 4 is 17.7 Å². The van der Waals surface area contributed by atoms with Crippen molar-refractivity contribution in [2.75, 3.05) is 18.4 Å². The van der Waals surface area contributed by atoms with Crippen molar-refractivity contribution < 1.29 is 14.7 Å². The Morgan fingerprint density at radius 3 is 2.43 bits per heavy atom. The largest absolute Gasteiger partial charge is 0.478 e. The van der Waals surface area contributed by atoms with Crippen molar-refractivity contribution in [3.63, 3.8) is 0 Å². The summed E-state index contributed by atoms with van der Waals surface area (Å²) in [7, 11) is 0. The molecule has 1 heterocycles. The molecule has 2 N–H and O–H groups in total. The van der Waals surface area contributed by atoms with E-state index in [9.17, 15) is 14.7 Å². The van der Waals surface area contributed by atoms with Crippen LogP contribution in [0.3, 0.4) is 0 Å². The maximum Gasteiger partial charge on any atom is 0.337 e. The van der Waals surface area contributed by atoms with Gasteiger partial charge in [-0.1, -0.05) is 13.0 Å². The van der Waals surface area contributed by atoms with Gasteiger partial charge >= 0.3 is 12.0 Å². The van der Waals surface area contributed by atoms with E-state index in [-0.39, 0.29) is 11.6 Å². The molecule has 1 aromatic carbocycles. The van der Waals surface area contributed by atoms with Crippen LogP contribution in [0.4, 0.5) is 10.5 Å². The number of carbonyl (C=O) groups is 2. The number of piperidine rings is 1. The van der Waals surface area contributed by atoms with Gasteiger partial charge in [0.15, 0.2) is 0 Å². The molecule has 1 fully saturated rings. The van der Waals surface area contributed by atoms with E-state index in [0.717, 1.165) is 37.1 Å². The number of aryl methyl sites for hydroxylation is 2. The minimum atomic E-state index is -1.02. The number of carboxylic acids is 1. The number of carboxylic acid groups (broad SMARTS) is 1. The zero-order valence-corrected chi connectivity index (χ0v) is 12.8. The molecule has 0 unspecified atom stereocenters. The van der Waals surface area contributed by atoms with Crippen molar-refractivity contribution in [2.24, 2.45) is 5.92 Å². The molecule has 21 heavy (non-hydrogen) atoms. The number of carbonyl (C=O) groups excluding carboxylic acids is 1. The minimum absolute atomic E-state index is 0.145. The molecule has 2 amide bonds. The molecule has 1 saturated heterocycles. The van der Waals surface area contributed by atoms with Crippen LogP contribution >= 0.6 is 0 Å². The van der Waals surface area contributed by atoms with Gasteiger partial charge in [-0.3, -0.25) is 0 Å². The zero-order chi connectivity index (χ0) is 15.6. The Bertz CT molecular complexity index is 561. The Balaban J connectivity index is 2.19. The topological polar surface area (TPSA) is 69.6 Å². The summed E-state index contributed by atoms with van der Waals surface area (Å²) in [4.78, 5) is 25.4. The van der Waals surface area contributed by atoms with Gasteiger partial charge in [0.2, 0.25) is 0 Å². The number of amides is 2. The number of hydrogen-bond donors (Lipinski definition) is 2. The highest BCUT2D eigenvalue weighted by Crippen LogP contribution is 2.24. The molecule has 0 aromatic heterocycles. The second-order valence-corrected chi connectivity index (χ2v) is 5.91. The van der Waals surface area contributed by atoms with Crippen molar-refractivity contribution in [3.8, 4) is 0 Å². The third-order valence-electron chi connectivity index (χ3n) is 4.01. The SMILES string of the molecule is Cc1cc(C)c(NC(=O)N2CCC(C)CC2)c(C(=O)O)c1. The summed E-state index contributed by atoms with van der Waals surface area (Å²) in [6, 6.07) is 3.25. The number of benzene rings is 1.